The number of carboxylic acids is 1. The summed E-state index contributed by atoms with van der Waals surface area (Å²) in [4.78, 5) is 10.9. The maximum Gasteiger partial charge on any atom is 0.331 e. The molecule has 0 aliphatic heterocycles. The SMILES string of the molecule is CC(=Cc1ccc(S(=O)(=O)NCC(C)C)cc1)C(=O)O. The van der Waals surface area contributed by atoms with Crippen molar-refractivity contribution < 1.29 is 18.3 Å². The highest BCUT2D eigenvalue weighted by molar-refractivity contribution is 7.89. The molecule has 0 bridgehead atoms. The van der Waals surface area contributed by atoms with Crippen LogP contribution in [0.2, 0.25) is 0 Å². The third-order valence-corrected chi connectivity index (χ3v) is 4.03. The highest BCUT2D eigenvalue weighted by Crippen LogP contribution is 2.13. The van der Waals surface area contributed by atoms with Crippen LogP contribution in [0.4, 0.5) is 0 Å². The number of rotatable bonds is 6. The summed E-state index contributed by atoms with van der Waals surface area (Å²) in [7, 11) is -3.50. The van der Waals surface area contributed by atoms with E-state index in [1.807, 2.05) is 13.8 Å². The predicted octanol–water partition coefficient (Wildman–Crippen LogP) is 2.11. The molecule has 20 heavy (non-hydrogen) atoms. The van der Waals surface area contributed by atoms with Crippen molar-refractivity contribution >= 4 is 22.1 Å². The number of hydrogen-bond donors (Lipinski definition) is 2. The van der Waals surface area contributed by atoms with Gasteiger partial charge in [-0.1, -0.05) is 26.0 Å². The lowest BCUT2D eigenvalue weighted by atomic mass is 10.1. The molecule has 6 heteroatoms. The second-order valence-electron chi connectivity index (χ2n) is 4.95. The predicted molar refractivity (Wildman–Crippen MR) is 77.8 cm³/mol. The van der Waals surface area contributed by atoms with Gasteiger partial charge in [-0.2, -0.15) is 0 Å². The maximum absolute atomic E-state index is 12.0. The Morgan fingerprint density at radius 3 is 2.30 bits per heavy atom. The number of aliphatic carboxylic acids is 1. The molecule has 0 saturated heterocycles. The van der Waals surface area contributed by atoms with Crippen molar-refractivity contribution in [3.8, 4) is 0 Å². The summed E-state index contributed by atoms with van der Waals surface area (Å²) >= 11 is 0. The van der Waals surface area contributed by atoms with Gasteiger partial charge in [0, 0.05) is 12.1 Å². The maximum atomic E-state index is 12.0. The summed E-state index contributed by atoms with van der Waals surface area (Å²) in [5.74, 6) is -0.773. The average Bonchev–Trinajstić information content (AvgIpc) is 2.37. The van der Waals surface area contributed by atoms with Gasteiger partial charge in [0.25, 0.3) is 0 Å². The van der Waals surface area contributed by atoms with E-state index in [1.165, 1.54) is 25.1 Å². The molecule has 0 heterocycles. The van der Waals surface area contributed by atoms with Gasteiger partial charge < -0.3 is 5.11 Å². The molecule has 1 aromatic carbocycles. The van der Waals surface area contributed by atoms with E-state index in [-0.39, 0.29) is 16.4 Å². The van der Waals surface area contributed by atoms with E-state index in [1.54, 1.807) is 12.1 Å². The van der Waals surface area contributed by atoms with Crippen molar-refractivity contribution in [2.75, 3.05) is 6.54 Å². The molecule has 0 radical (unpaired) electrons. The first kappa shape index (κ1) is 16.4. The molecular formula is C14H19NO4S. The zero-order valence-electron chi connectivity index (χ0n) is 11.8. The van der Waals surface area contributed by atoms with Crippen LogP contribution in [0.5, 0.6) is 0 Å². The second kappa shape index (κ2) is 6.67. The van der Waals surface area contributed by atoms with Crippen LogP contribution in [0.1, 0.15) is 26.3 Å². The highest BCUT2D eigenvalue weighted by atomic mass is 32.2. The normalized spacial score (nSPS) is 12.7. The summed E-state index contributed by atoms with van der Waals surface area (Å²) in [6, 6.07) is 6.08. The molecule has 110 valence electrons. The molecule has 0 atom stereocenters. The van der Waals surface area contributed by atoms with Crippen molar-refractivity contribution in [2.24, 2.45) is 5.92 Å². The average molecular weight is 297 g/mol. The molecule has 5 nitrogen and oxygen atoms in total. The lowest BCUT2D eigenvalue weighted by Crippen LogP contribution is -2.27. The first-order chi connectivity index (χ1) is 9.22. The monoisotopic (exact) mass is 297 g/mol. The zero-order valence-corrected chi connectivity index (χ0v) is 12.6. The fourth-order valence-corrected chi connectivity index (χ4v) is 2.63. The minimum atomic E-state index is -3.50. The van der Waals surface area contributed by atoms with Gasteiger partial charge in [0.05, 0.1) is 4.90 Å². The smallest absolute Gasteiger partial charge is 0.331 e. The number of sulfonamides is 1. The summed E-state index contributed by atoms with van der Waals surface area (Å²) in [6.07, 6.45) is 1.49. The quantitative estimate of drug-likeness (QED) is 0.788. The van der Waals surface area contributed by atoms with Gasteiger partial charge in [0.15, 0.2) is 0 Å². The Kier molecular flexibility index (Phi) is 5.47. The van der Waals surface area contributed by atoms with Crippen LogP contribution in [0.15, 0.2) is 34.7 Å². The molecule has 0 saturated carbocycles. The molecular weight excluding hydrogens is 278 g/mol. The fourth-order valence-electron chi connectivity index (χ4n) is 1.41. The van der Waals surface area contributed by atoms with Gasteiger partial charge in [-0.05, 0) is 36.6 Å². The summed E-state index contributed by atoms with van der Waals surface area (Å²) in [6.45, 7) is 5.70. The fraction of sp³-hybridized carbons (Fsp3) is 0.357. The van der Waals surface area contributed by atoms with E-state index in [0.29, 0.717) is 12.1 Å². The Morgan fingerprint density at radius 1 is 1.30 bits per heavy atom. The molecule has 1 rings (SSSR count). The minimum Gasteiger partial charge on any atom is -0.478 e. The molecule has 2 N–H and O–H groups in total. The topological polar surface area (TPSA) is 83.5 Å². The Bertz CT molecular complexity index is 601. The van der Waals surface area contributed by atoms with Crippen LogP contribution < -0.4 is 4.72 Å². The number of carbonyl (C=O) groups is 1. The third kappa shape index (κ3) is 4.79. The largest absolute Gasteiger partial charge is 0.478 e. The molecule has 1 aromatic rings. The van der Waals surface area contributed by atoms with E-state index in [0.717, 1.165) is 0 Å². The van der Waals surface area contributed by atoms with Crippen LogP contribution >= 0.6 is 0 Å². The Morgan fingerprint density at radius 2 is 1.85 bits per heavy atom. The Balaban J connectivity index is 2.91. The lowest BCUT2D eigenvalue weighted by molar-refractivity contribution is -0.132. The molecule has 0 aromatic heterocycles. The van der Waals surface area contributed by atoms with Crippen LogP contribution in [-0.2, 0) is 14.8 Å². The van der Waals surface area contributed by atoms with Gasteiger partial charge in [-0.25, -0.2) is 17.9 Å². The van der Waals surface area contributed by atoms with Crippen molar-refractivity contribution in [1.82, 2.24) is 4.72 Å². The van der Waals surface area contributed by atoms with Gasteiger partial charge in [-0.3, -0.25) is 0 Å². The second-order valence-corrected chi connectivity index (χ2v) is 6.71. The van der Waals surface area contributed by atoms with Crippen molar-refractivity contribution in [2.45, 2.75) is 25.7 Å². The van der Waals surface area contributed by atoms with Crippen molar-refractivity contribution in [3.05, 3.63) is 35.4 Å². The Labute approximate surface area is 119 Å². The van der Waals surface area contributed by atoms with Crippen LogP contribution in [0.3, 0.4) is 0 Å². The van der Waals surface area contributed by atoms with E-state index in [9.17, 15) is 13.2 Å². The van der Waals surface area contributed by atoms with Crippen molar-refractivity contribution in [1.29, 1.82) is 0 Å². The van der Waals surface area contributed by atoms with Crippen LogP contribution in [0.25, 0.3) is 6.08 Å². The molecule has 0 aliphatic carbocycles. The first-order valence-electron chi connectivity index (χ1n) is 6.23. The van der Waals surface area contributed by atoms with E-state index >= 15 is 0 Å². The zero-order chi connectivity index (χ0) is 15.3. The minimum absolute atomic E-state index is 0.170. The summed E-state index contributed by atoms with van der Waals surface area (Å²) in [5.41, 5.74) is 0.839. The standard InChI is InChI=1S/C14H19NO4S/c1-10(2)9-15-20(18,19)13-6-4-12(5-7-13)8-11(3)14(16)17/h4-8,10,15H,9H2,1-3H3,(H,16,17). The van der Waals surface area contributed by atoms with Gasteiger partial charge in [0.2, 0.25) is 10.0 Å². The lowest BCUT2D eigenvalue weighted by Gasteiger charge is -2.09. The summed E-state index contributed by atoms with van der Waals surface area (Å²) in [5, 5.41) is 8.77. The molecule has 0 unspecified atom stereocenters. The number of nitrogens with one attached hydrogen (secondary N) is 1. The molecule has 0 amide bonds. The Hall–Kier alpha value is -1.66. The van der Waals surface area contributed by atoms with Crippen LogP contribution in [-0.4, -0.2) is 26.0 Å². The first-order valence-corrected chi connectivity index (χ1v) is 7.72. The van der Waals surface area contributed by atoms with Gasteiger partial charge in [0.1, 0.15) is 0 Å². The number of carboxylic acid groups (broad SMARTS) is 1. The van der Waals surface area contributed by atoms with Crippen LogP contribution in [0, 0.1) is 5.92 Å². The number of hydrogen-bond acceptors (Lipinski definition) is 3. The molecule has 0 aliphatic rings. The molecule has 0 fully saturated rings. The van der Waals surface area contributed by atoms with Crippen molar-refractivity contribution in [3.63, 3.8) is 0 Å². The third-order valence-electron chi connectivity index (χ3n) is 2.59. The van der Waals surface area contributed by atoms with E-state index < -0.39 is 16.0 Å². The van der Waals surface area contributed by atoms with E-state index in [2.05, 4.69) is 4.72 Å². The van der Waals surface area contributed by atoms with Gasteiger partial charge >= 0.3 is 5.97 Å². The molecule has 0 spiro atoms. The van der Waals surface area contributed by atoms with E-state index in [4.69, 9.17) is 5.11 Å². The summed E-state index contributed by atoms with van der Waals surface area (Å²) < 4.78 is 26.4. The number of benzene rings is 1. The van der Waals surface area contributed by atoms with Gasteiger partial charge in [-0.15, -0.1) is 0 Å². The highest BCUT2D eigenvalue weighted by Gasteiger charge is 2.13.